The van der Waals surface area contributed by atoms with Gasteiger partial charge in [0.15, 0.2) is 5.82 Å². The molecule has 0 aliphatic rings. The average Bonchev–Trinajstić information content (AvgIpc) is 2.76. The van der Waals surface area contributed by atoms with E-state index in [2.05, 4.69) is 39.9 Å². The number of hydrogen-bond donors (Lipinski definition) is 1. The fourth-order valence-corrected chi connectivity index (χ4v) is 2.37. The monoisotopic (exact) mass is 323 g/mol. The summed E-state index contributed by atoms with van der Waals surface area (Å²) < 4.78 is 6.28. The summed E-state index contributed by atoms with van der Waals surface area (Å²) in [5.74, 6) is 1.71. The van der Waals surface area contributed by atoms with Crippen molar-refractivity contribution >= 4 is 15.9 Å². The first-order valence-corrected chi connectivity index (χ1v) is 7.16. The molecule has 0 aliphatic carbocycles. The van der Waals surface area contributed by atoms with Crippen LogP contribution in [-0.4, -0.2) is 10.1 Å². The predicted octanol–water partition coefficient (Wildman–Crippen LogP) is 3.47. The zero-order valence-corrected chi connectivity index (χ0v) is 12.7. The lowest BCUT2D eigenvalue weighted by Gasteiger charge is -2.08. The van der Waals surface area contributed by atoms with Crippen LogP contribution in [0.25, 0.3) is 0 Å². The van der Waals surface area contributed by atoms with Gasteiger partial charge in [-0.15, -0.1) is 0 Å². The minimum Gasteiger partial charge on any atom is -0.338 e. The normalized spacial score (nSPS) is 12.9. The third-order valence-electron chi connectivity index (χ3n) is 2.78. The van der Waals surface area contributed by atoms with Crippen molar-refractivity contribution in [2.24, 2.45) is 11.7 Å². The summed E-state index contributed by atoms with van der Waals surface area (Å²) >= 11 is 3.45. The predicted molar refractivity (Wildman–Crippen MR) is 77.6 cm³/mol. The Balaban J connectivity index is 2.05. The van der Waals surface area contributed by atoms with Crippen LogP contribution < -0.4 is 5.73 Å². The van der Waals surface area contributed by atoms with Crippen molar-refractivity contribution in [2.45, 2.75) is 32.7 Å². The standard InChI is InChI=1S/C14H18BrN3O/c1-9(2)6-12(16)14-17-13(18-19-14)8-10-4-3-5-11(15)7-10/h3-5,7,9,12H,6,8,16H2,1-2H3. The summed E-state index contributed by atoms with van der Waals surface area (Å²) in [4.78, 5) is 4.37. The van der Waals surface area contributed by atoms with Crippen LogP contribution in [0.2, 0.25) is 0 Å². The van der Waals surface area contributed by atoms with E-state index in [4.69, 9.17) is 10.3 Å². The first kappa shape index (κ1) is 14.2. The van der Waals surface area contributed by atoms with Gasteiger partial charge in [0.05, 0.1) is 6.04 Å². The van der Waals surface area contributed by atoms with Crippen LogP contribution in [0.5, 0.6) is 0 Å². The molecule has 19 heavy (non-hydrogen) atoms. The maximum Gasteiger partial charge on any atom is 0.243 e. The van der Waals surface area contributed by atoms with Crippen LogP contribution in [-0.2, 0) is 6.42 Å². The van der Waals surface area contributed by atoms with E-state index in [1.165, 1.54) is 0 Å². The van der Waals surface area contributed by atoms with E-state index < -0.39 is 0 Å². The Labute approximate surface area is 121 Å². The molecule has 1 aromatic heterocycles. The van der Waals surface area contributed by atoms with Gasteiger partial charge in [0, 0.05) is 10.9 Å². The second kappa shape index (κ2) is 6.30. The molecule has 2 rings (SSSR count). The second-order valence-corrected chi connectivity index (χ2v) is 6.01. The molecular weight excluding hydrogens is 306 g/mol. The fraction of sp³-hybridized carbons (Fsp3) is 0.429. The number of nitrogens with two attached hydrogens (primary N) is 1. The minimum absolute atomic E-state index is 0.177. The highest BCUT2D eigenvalue weighted by molar-refractivity contribution is 9.10. The third kappa shape index (κ3) is 4.14. The van der Waals surface area contributed by atoms with Crippen molar-refractivity contribution in [3.63, 3.8) is 0 Å². The molecule has 0 spiro atoms. The minimum atomic E-state index is -0.177. The number of hydrogen-bond acceptors (Lipinski definition) is 4. The molecule has 0 saturated carbocycles. The van der Waals surface area contributed by atoms with Crippen molar-refractivity contribution in [2.75, 3.05) is 0 Å². The first-order chi connectivity index (χ1) is 9.04. The van der Waals surface area contributed by atoms with Gasteiger partial charge in [-0.2, -0.15) is 4.98 Å². The molecule has 102 valence electrons. The van der Waals surface area contributed by atoms with E-state index in [0.717, 1.165) is 16.5 Å². The van der Waals surface area contributed by atoms with E-state index in [-0.39, 0.29) is 6.04 Å². The van der Waals surface area contributed by atoms with Gasteiger partial charge in [-0.25, -0.2) is 0 Å². The van der Waals surface area contributed by atoms with Gasteiger partial charge in [-0.1, -0.05) is 47.1 Å². The quantitative estimate of drug-likeness (QED) is 0.914. The highest BCUT2D eigenvalue weighted by atomic mass is 79.9. The summed E-state index contributed by atoms with van der Waals surface area (Å²) in [6.07, 6.45) is 1.50. The maximum atomic E-state index is 6.02. The molecule has 2 N–H and O–H groups in total. The molecule has 0 aliphatic heterocycles. The van der Waals surface area contributed by atoms with E-state index in [1.807, 2.05) is 24.3 Å². The van der Waals surface area contributed by atoms with E-state index in [9.17, 15) is 0 Å². The topological polar surface area (TPSA) is 64.9 Å². The van der Waals surface area contributed by atoms with Gasteiger partial charge in [-0.05, 0) is 30.0 Å². The SMILES string of the molecule is CC(C)CC(N)c1nc(Cc2cccc(Br)c2)no1. The Bertz CT molecular complexity index is 539. The zero-order valence-electron chi connectivity index (χ0n) is 11.1. The zero-order chi connectivity index (χ0) is 13.8. The van der Waals surface area contributed by atoms with Crippen LogP contribution in [0.1, 0.15) is 43.6 Å². The summed E-state index contributed by atoms with van der Waals surface area (Å²) in [6, 6.07) is 7.89. The molecule has 0 fully saturated rings. The smallest absolute Gasteiger partial charge is 0.243 e. The molecule has 1 atom stereocenters. The lowest BCUT2D eigenvalue weighted by atomic mass is 10.0. The highest BCUT2D eigenvalue weighted by Gasteiger charge is 2.16. The van der Waals surface area contributed by atoms with Crippen LogP contribution in [0.3, 0.4) is 0 Å². The molecule has 5 heteroatoms. The van der Waals surface area contributed by atoms with Crippen LogP contribution in [0.15, 0.2) is 33.3 Å². The Morgan fingerprint density at radius 1 is 1.37 bits per heavy atom. The van der Waals surface area contributed by atoms with Crippen LogP contribution in [0, 0.1) is 5.92 Å². The highest BCUT2D eigenvalue weighted by Crippen LogP contribution is 2.18. The van der Waals surface area contributed by atoms with E-state index in [0.29, 0.717) is 24.1 Å². The van der Waals surface area contributed by atoms with Gasteiger partial charge in [0.2, 0.25) is 5.89 Å². The number of rotatable bonds is 5. The molecule has 0 bridgehead atoms. The van der Waals surface area contributed by atoms with Gasteiger partial charge in [0.25, 0.3) is 0 Å². The average molecular weight is 324 g/mol. The molecule has 2 aromatic rings. The largest absolute Gasteiger partial charge is 0.338 e. The third-order valence-corrected chi connectivity index (χ3v) is 3.27. The molecule has 0 radical (unpaired) electrons. The lowest BCUT2D eigenvalue weighted by Crippen LogP contribution is -2.13. The van der Waals surface area contributed by atoms with Crippen molar-refractivity contribution in [3.8, 4) is 0 Å². The Kier molecular flexibility index (Phi) is 4.71. The fourth-order valence-electron chi connectivity index (χ4n) is 1.93. The summed E-state index contributed by atoms with van der Waals surface area (Å²) in [7, 11) is 0. The van der Waals surface area contributed by atoms with Gasteiger partial charge in [0.1, 0.15) is 0 Å². The molecule has 4 nitrogen and oxygen atoms in total. The van der Waals surface area contributed by atoms with Crippen LogP contribution >= 0.6 is 15.9 Å². The molecule has 1 heterocycles. The van der Waals surface area contributed by atoms with E-state index >= 15 is 0 Å². The second-order valence-electron chi connectivity index (χ2n) is 5.09. The Morgan fingerprint density at radius 3 is 2.84 bits per heavy atom. The molecule has 1 unspecified atom stereocenters. The van der Waals surface area contributed by atoms with Gasteiger partial charge < -0.3 is 10.3 Å². The van der Waals surface area contributed by atoms with Crippen molar-refractivity contribution in [3.05, 3.63) is 46.0 Å². The molecule has 0 saturated heterocycles. The van der Waals surface area contributed by atoms with Crippen molar-refractivity contribution < 1.29 is 4.52 Å². The molecular formula is C14H18BrN3O. The first-order valence-electron chi connectivity index (χ1n) is 6.37. The van der Waals surface area contributed by atoms with Crippen LogP contribution in [0.4, 0.5) is 0 Å². The number of nitrogens with zero attached hydrogens (tertiary/aromatic N) is 2. The van der Waals surface area contributed by atoms with Crippen molar-refractivity contribution in [1.29, 1.82) is 0 Å². The van der Waals surface area contributed by atoms with E-state index in [1.54, 1.807) is 0 Å². The summed E-state index contributed by atoms with van der Waals surface area (Å²) in [6.45, 7) is 4.25. The van der Waals surface area contributed by atoms with Gasteiger partial charge >= 0.3 is 0 Å². The molecule has 0 amide bonds. The van der Waals surface area contributed by atoms with Crippen molar-refractivity contribution in [1.82, 2.24) is 10.1 Å². The Morgan fingerprint density at radius 2 is 2.16 bits per heavy atom. The number of benzene rings is 1. The maximum absolute atomic E-state index is 6.02. The summed E-state index contributed by atoms with van der Waals surface area (Å²) in [5.41, 5.74) is 7.16. The van der Waals surface area contributed by atoms with Gasteiger partial charge in [-0.3, -0.25) is 0 Å². The summed E-state index contributed by atoms with van der Waals surface area (Å²) in [5, 5.41) is 3.99. The molecule has 1 aromatic carbocycles. The Hall–Kier alpha value is -1.20. The lowest BCUT2D eigenvalue weighted by molar-refractivity contribution is 0.333. The number of halogens is 1. The number of aromatic nitrogens is 2.